The van der Waals surface area contributed by atoms with Crippen molar-refractivity contribution < 1.29 is 9.84 Å². The molecular formula is C16H16Br2O2. The molecule has 0 saturated carbocycles. The van der Waals surface area contributed by atoms with Crippen LogP contribution in [-0.2, 0) is 0 Å². The third-order valence-corrected chi connectivity index (χ3v) is 4.40. The Morgan fingerprint density at radius 1 is 1.05 bits per heavy atom. The van der Waals surface area contributed by atoms with Crippen molar-refractivity contribution in [2.45, 2.75) is 20.0 Å². The number of benzene rings is 2. The minimum Gasteiger partial charge on any atom is -0.494 e. The topological polar surface area (TPSA) is 29.5 Å². The Morgan fingerprint density at radius 2 is 1.65 bits per heavy atom. The average Bonchev–Trinajstić information content (AvgIpc) is 2.38. The van der Waals surface area contributed by atoms with Crippen LogP contribution in [0.25, 0.3) is 0 Å². The highest BCUT2D eigenvalue weighted by Crippen LogP contribution is 2.34. The lowest BCUT2D eigenvalue weighted by molar-refractivity contribution is 0.218. The molecule has 0 spiro atoms. The number of halogens is 2. The molecule has 106 valence electrons. The predicted octanol–water partition coefficient (Wildman–Crippen LogP) is 5.00. The van der Waals surface area contributed by atoms with Crippen LogP contribution in [0.5, 0.6) is 5.75 Å². The summed E-state index contributed by atoms with van der Waals surface area (Å²) in [5, 5.41) is 10.6. The quantitative estimate of drug-likeness (QED) is 0.783. The van der Waals surface area contributed by atoms with Crippen LogP contribution in [0, 0.1) is 6.92 Å². The monoisotopic (exact) mass is 398 g/mol. The molecule has 2 rings (SSSR count). The number of ether oxygens (including phenoxy) is 1. The fraction of sp³-hybridized carbons (Fsp3) is 0.250. The summed E-state index contributed by atoms with van der Waals surface area (Å²) in [6.45, 7) is 4.59. The van der Waals surface area contributed by atoms with E-state index in [4.69, 9.17) is 4.74 Å². The number of hydrogen-bond donors (Lipinski definition) is 1. The zero-order chi connectivity index (χ0) is 14.7. The number of aliphatic hydroxyl groups excluding tert-OH is 1. The normalized spacial score (nSPS) is 12.2. The highest BCUT2D eigenvalue weighted by atomic mass is 79.9. The first-order chi connectivity index (χ1) is 9.52. The van der Waals surface area contributed by atoms with Gasteiger partial charge in [-0.25, -0.2) is 0 Å². The Balaban J connectivity index is 2.35. The van der Waals surface area contributed by atoms with Crippen molar-refractivity contribution in [2.24, 2.45) is 0 Å². The molecule has 0 amide bonds. The summed E-state index contributed by atoms with van der Waals surface area (Å²) < 4.78 is 7.19. The molecule has 1 unspecified atom stereocenters. The van der Waals surface area contributed by atoms with E-state index in [2.05, 4.69) is 31.9 Å². The van der Waals surface area contributed by atoms with Crippen LogP contribution in [-0.4, -0.2) is 11.7 Å². The van der Waals surface area contributed by atoms with Crippen LogP contribution >= 0.6 is 31.9 Å². The van der Waals surface area contributed by atoms with Gasteiger partial charge in [-0.1, -0.05) is 50.1 Å². The molecule has 2 aromatic carbocycles. The standard InChI is InChI=1S/C16H16Br2O2/c1-3-20-11-5-7-13(15(18)9-11)16(19)12-6-4-10(2)8-14(12)17/h4-9,16,19H,3H2,1-2H3. The van der Waals surface area contributed by atoms with E-state index in [1.54, 1.807) is 0 Å². The van der Waals surface area contributed by atoms with Gasteiger partial charge in [0, 0.05) is 8.95 Å². The Hall–Kier alpha value is -0.840. The van der Waals surface area contributed by atoms with Crippen LogP contribution in [0.2, 0.25) is 0 Å². The average molecular weight is 400 g/mol. The number of rotatable bonds is 4. The second-order valence-electron chi connectivity index (χ2n) is 4.54. The SMILES string of the molecule is CCOc1ccc(C(O)c2ccc(C)cc2Br)c(Br)c1. The molecule has 0 saturated heterocycles. The van der Waals surface area contributed by atoms with Crippen molar-refractivity contribution >= 4 is 31.9 Å². The number of hydrogen-bond acceptors (Lipinski definition) is 2. The summed E-state index contributed by atoms with van der Waals surface area (Å²) in [4.78, 5) is 0. The second-order valence-corrected chi connectivity index (χ2v) is 6.25. The Morgan fingerprint density at radius 3 is 2.20 bits per heavy atom. The van der Waals surface area contributed by atoms with Crippen molar-refractivity contribution in [1.82, 2.24) is 0 Å². The number of aliphatic hydroxyl groups is 1. The van der Waals surface area contributed by atoms with Crippen molar-refractivity contribution in [3.05, 3.63) is 62.0 Å². The van der Waals surface area contributed by atoms with Gasteiger partial charge in [-0.3, -0.25) is 0 Å². The van der Waals surface area contributed by atoms with Crippen molar-refractivity contribution in [1.29, 1.82) is 0 Å². The molecule has 0 fully saturated rings. The highest BCUT2D eigenvalue weighted by Gasteiger charge is 2.17. The van der Waals surface area contributed by atoms with Crippen LogP contribution in [0.4, 0.5) is 0 Å². The lowest BCUT2D eigenvalue weighted by atomic mass is 10.0. The molecule has 0 aliphatic carbocycles. The maximum absolute atomic E-state index is 10.6. The van der Waals surface area contributed by atoms with E-state index in [1.165, 1.54) is 0 Å². The summed E-state index contributed by atoms with van der Waals surface area (Å²) in [5.41, 5.74) is 2.82. The van der Waals surface area contributed by atoms with Crippen molar-refractivity contribution in [2.75, 3.05) is 6.61 Å². The lowest BCUT2D eigenvalue weighted by Gasteiger charge is -2.16. The van der Waals surface area contributed by atoms with E-state index >= 15 is 0 Å². The molecule has 20 heavy (non-hydrogen) atoms. The van der Waals surface area contributed by atoms with Gasteiger partial charge in [0.2, 0.25) is 0 Å². The first-order valence-electron chi connectivity index (χ1n) is 6.39. The van der Waals surface area contributed by atoms with E-state index in [0.717, 1.165) is 31.4 Å². The van der Waals surface area contributed by atoms with Gasteiger partial charge in [0.05, 0.1) is 6.61 Å². The van der Waals surface area contributed by atoms with Gasteiger partial charge in [0.15, 0.2) is 0 Å². The first-order valence-corrected chi connectivity index (χ1v) is 7.98. The summed E-state index contributed by atoms with van der Waals surface area (Å²) in [6, 6.07) is 11.6. The summed E-state index contributed by atoms with van der Waals surface area (Å²) in [7, 11) is 0. The van der Waals surface area contributed by atoms with Crippen LogP contribution in [0.3, 0.4) is 0 Å². The van der Waals surface area contributed by atoms with Crippen molar-refractivity contribution in [3.63, 3.8) is 0 Å². The molecule has 0 aliphatic rings. The van der Waals surface area contributed by atoms with Gasteiger partial charge in [-0.2, -0.15) is 0 Å². The molecular weight excluding hydrogens is 384 g/mol. The smallest absolute Gasteiger partial charge is 0.120 e. The minimum atomic E-state index is -0.685. The summed E-state index contributed by atoms with van der Waals surface area (Å²) >= 11 is 7.01. The fourth-order valence-electron chi connectivity index (χ4n) is 2.01. The number of aryl methyl sites for hydroxylation is 1. The van der Waals surface area contributed by atoms with E-state index in [9.17, 15) is 5.11 Å². The maximum atomic E-state index is 10.6. The first kappa shape index (κ1) is 15.5. The van der Waals surface area contributed by atoms with Gasteiger partial charge < -0.3 is 9.84 Å². The molecule has 0 aliphatic heterocycles. The van der Waals surface area contributed by atoms with Gasteiger partial charge in [-0.05, 0) is 48.7 Å². The van der Waals surface area contributed by atoms with E-state index in [1.807, 2.05) is 50.2 Å². The van der Waals surface area contributed by atoms with E-state index in [-0.39, 0.29) is 0 Å². The Bertz CT molecular complexity index is 611. The molecule has 4 heteroatoms. The van der Waals surface area contributed by atoms with E-state index < -0.39 is 6.10 Å². The van der Waals surface area contributed by atoms with Gasteiger partial charge >= 0.3 is 0 Å². The third-order valence-electron chi connectivity index (χ3n) is 3.03. The van der Waals surface area contributed by atoms with Gasteiger partial charge in [0.25, 0.3) is 0 Å². The highest BCUT2D eigenvalue weighted by molar-refractivity contribution is 9.10. The summed E-state index contributed by atoms with van der Waals surface area (Å²) in [5.74, 6) is 0.790. The lowest BCUT2D eigenvalue weighted by Crippen LogP contribution is -2.02. The molecule has 0 bridgehead atoms. The molecule has 2 aromatic rings. The second kappa shape index (κ2) is 6.74. The molecule has 0 heterocycles. The zero-order valence-corrected chi connectivity index (χ0v) is 14.5. The molecule has 0 aromatic heterocycles. The molecule has 1 N–H and O–H groups in total. The zero-order valence-electron chi connectivity index (χ0n) is 11.4. The largest absolute Gasteiger partial charge is 0.494 e. The predicted molar refractivity (Wildman–Crippen MR) is 88.3 cm³/mol. The Kier molecular flexibility index (Phi) is 5.24. The maximum Gasteiger partial charge on any atom is 0.120 e. The van der Waals surface area contributed by atoms with Crippen LogP contribution in [0.1, 0.15) is 29.7 Å². The third kappa shape index (κ3) is 3.43. The van der Waals surface area contributed by atoms with E-state index in [0.29, 0.717) is 6.61 Å². The molecule has 0 radical (unpaired) electrons. The van der Waals surface area contributed by atoms with Crippen LogP contribution < -0.4 is 4.74 Å². The fourth-order valence-corrected chi connectivity index (χ4v) is 3.29. The molecule has 2 nitrogen and oxygen atoms in total. The van der Waals surface area contributed by atoms with Gasteiger partial charge in [0.1, 0.15) is 11.9 Å². The van der Waals surface area contributed by atoms with Crippen molar-refractivity contribution in [3.8, 4) is 5.75 Å². The molecule has 1 atom stereocenters. The van der Waals surface area contributed by atoms with Crippen LogP contribution in [0.15, 0.2) is 45.3 Å². The minimum absolute atomic E-state index is 0.623. The van der Waals surface area contributed by atoms with Gasteiger partial charge in [-0.15, -0.1) is 0 Å². The Labute approximate surface area is 136 Å². The summed E-state index contributed by atoms with van der Waals surface area (Å²) in [6.07, 6.45) is -0.685.